The van der Waals surface area contributed by atoms with E-state index in [0.29, 0.717) is 0 Å². The van der Waals surface area contributed by atoms with Crippen molar-refractivity contribution in [2.45, 2.75) is 65.7 Å². The van der Waals surface area contributed by atoms with E-state index in [4.69, 9.17) is 0 Å². The van der Waals surface area contributed by atoms with Gasteiger partial charge in [0.2, 0.25) is 0 Å². The van der Waals surface area contributed by atoms with Crippen LogP contribution >= 0.6 is 0 Å². The molecule has 0 unspecified atom stereocenters. The second-order valence-electron chi connectivity index (χ2n) is 5.96. The van der Waals surface area contributed by atoms with E-state index in [2.05, 4.69) is 38.2 Å². The third-order valence-electron chi connectivity index (χ3n) is 3.62. The molecular weight excluding hydrogens is 218 g/mol. The van der Waals surface area contributed by atoms with Crippen LogP contribution in [0.25, 0.3) is 0 Å². The summed E-state index contributed by atoms with van der Waals surface area (Å²) in [5.41, 5.74) is 3.13. The SMILES string of the molecule is CC(=C/CCNCC(C)C)/C1=C\CCCCCC1. The minimum absolute atomic E-state index is 0.753. The largest absolute Gasteiger partial charge is 0.316 e. The van der Waals surface area contributed by atoms with Crippen LogP contribution in [0.1, 0.15) is 65.7 Å². The van der Waals surface area contributed by atoms with Gasteiger partial charge < -0.3 is 5.32 Å². The number of nitrogens with one attached hydrogen (secondary N) is 1. The summed E-state index contributed by atoms with van der Waals surface area (Å²) in [6, 6.07) is 0. The Morgan fingerprint density at radius 1 is 1.28 bits per heavy atom. The highest BCUT2D eigenvalue weighted by molar-refractivity contribution is 5.29. The van der Waals surface area contributed by atoms with Gasteiger partial charge in [0.1, 0.15) is 0 Å². The summed E-state index contributed by atoms with van der Waals surface area (Å²) < 4.78 is 0. The molecule has 1 nitrogen and oxygen atoms in total. The monoisotopic (exact) mass is 249 g/mol. The van der Waals surface area contributed by atoms with E-state index in [0.717, 1.165) is 25.4 Å². The summed E-state index contributed by atoms with van der Waals surface area (Å²) in [6.07, 6.45) is 14.2. The molecule has 0 fully saturated rings. The van der Waals surface area contributed by atoms with Crippen LogP contribution in [-0.2, 0) is 0 Å². The van der Waals surface area contributed by atoms with E-state index in [1.165, 1.54) is 44.1 Å². The average Bonchev–Trinajstić information content (AvgIpc) is 2.27. The van der Waals surface area contributed by atoms with Gasteiger partial charge in [-0.25, -0.2) is 0 Å². The van der Waals surface area contributed by atoms with Crippen molar-refractivity contribution >= 4 is 0 Å². The Balaban J connectivity index is 2.30. The second-order valence-corrected chi connectivity index (χ2v) is 5.96. The standard InChI is InChI=1S/C17H31N/c1-15(2)14-18-13-9-10-16(3)17-11-7-5-4-6-8-12-17/h10-11,15,18H,4-9,12-14H2,1-3H3/b16-10-,17-11-. The minimum Gasteiger partial charge on any atom is -0.316 e. The van der Waals surface area contributed by atoms with Gasteiger partial charge in [0.15, 0.2) is 0 Å². The molecule has 0 aromatic heterocycles. The first kappa shape index (κ1) is 15.5. The molecule has 1 N–H and O–H groups in total. The number of rotatable bonds is 6. The zero-order valence-electron chi connectivity index (χ0n) is 12.6. The highest BCUT2D eigenvalue weighted by Gasteiger charge is 2.03. The lowest BCUT2D eigenvalue weighted by Gasteiger charge is -2.12. The quantitative estimate of drug-likeness (QED) is 0.664. The summed E-state index contributed by atoms with van der Waals surface area (Å²) in [6.45, 7) is 9.05. The van der Waals surface area contributed by atoms with Crippen LogP contribution in [0.15, 0.2) is 23.3 Å². The molecule has 0 aliphatic heterocycles. The molecule has 1 heteroatoms. The van der Waals surface area contributed by atoms with Gasteiger partial charge in [0.05, 0.1) is 0 Å². The van der Waals surface area contributed by atoms with Gasteiger partial charge in [-0.15, -0.1) is 0 Å². The molecule has 1 aliphatic carbocycles. The second kappa shape index (κ2) is 9.38. The molecule has 0 saturated heterocycles. The van der Waals surface area contributed by atoms with Gasteiger partial charge in [-0.2, -0.15) is 0 Å². The van der Waals surface area contributed by atoms with Gasteiger partial charge >= 0.3 is 0 Å². The zero-order valence-corrected chi connectivity index (χ0v) is 12.6. The molecule has 0 aromatic carbocycles. The number of allylic oxidation sites excluding steroid dienone is 3. The highest BCUT2D eigenvalue weighted by Crippen LogP contribution is 2.22. The van der Waals surface area contributed by atoms with Crippen LogP contribution in [0, 0.1) is 5.92 Å². The van der Waals surface area contributed by atoms with Crippen molar-refractivity contribution in [1.82, 2.24) is 5.32 Å². The summed E-state index contributed by atoms with van der Waals surface area (Å²) in [5, 5.41) is 3.50. The van der Waals surface area contributed by atoms with Crippen LogP contribution < -0.4 is 5.32 Å². The molecule has 0 atom stereocenters. The minimum atomic E-state index is 0.753. The molecule has 0 radical (unpaired) electrons. The number of hydrogen-bond donors (Lipinski definition) is 1. The van der Waals surface area contributed by atoms with E-state index in [9.17, 15) is 0 Å². The fourth-order valence-electron chi connectivity index (χ4n) is 2.46. The first-order valence-corrected chi connectivity index (χ1v) is 7.77. The van der Waals surface area contributed by atoms with Gasteiger partial charge in [0, 0.05) is 0 Å². The zero-order chi connectivity index (χ0) is 13.2. The van der Waals surface area contributed by atoms with Crippen molar-refractivity contribution < 1.29 is 0 Å². The predicted octanol–water partition coefficient (Wildman–Crippen LogP) is 4.85. The molecule has 0 heterocycles. The molecule has 1 aliphatic rings. The van der Waals surface area contributed by atoms with Gasteiger partial charge in [-0.05, 0) is 63.6 Å². The van der Waals surface area contributed by atoms with Crippen LogP contribution in [0.2, 0.25) is 0 Å². The van der Waals surface area contributed by atoms with E-state index >= 15 is 0 Å². The topological polar surface area (TPSA) is 12.0 Å². The third-order valence-corrected chi connectivity index (χ3v) is 3.62. The Morgan fingerprint density at radius 2 is 2.06 bits per heavy atom. The molecule has 1 rings (SSSR count). The first-order chi connectivity index (χ1) is 8.70. The molecule has 104 valence electrons. The highest BCUT2D eigenvalue weighted by atomic mass is 14.8. The molecule has 0 aromatic rings. The molecule has 0 amide bonds. The summed E-state index contributed by atoms with van der Waals surface area (Å²) in [4.78, 5) is 0. The van der Waals surface area contributed by atoms with E-state index < -0.39 is 0 Å². The summed E-state index contributed by atoms with van der Waals surface area (Å²) >= 11 is 0. The van der Waals surface area contributed by atoms with Crippen molar-refractivity contribution in [2.24, 2.45) is 5.92 Å². The molecule has 0 spiro atoms. The van der Waals surface area contributed by atoms with Gasteiger partial charge in [0.25, 0.3) is 0 Å². The fourth-order valence-corrected chi connectivity index (χ4v) is 2.46. The lowest BCUT2D eigenvalue weighted by molar-refractivity contribution is 0.556. The van der Waals surface area contributed by atoms with Crippen LogP contribution in [-0.4, -0.2) is 13.1 Å². The van der Waals surface area contributed by atoms with Crippen molar-refractivity contribution in [2.75, 3.05) is 13.1 Å². The molecular formula is C17H31N. The maximum absolute atomic E-state index is 3.50. The van der Waals surface area contributed by atoms with E-state index in [1.807, 2.05) is 0 Å². The van der Waals surface area contributed by atoms with Gasteiger partial charge in [-0.1, -0.05) is 44.4 Å². The smallest absolute Gasteiger partial charge is 0.00139 e. The molecule has 18 heavy (non-hydrogen) atoms. The fraction of sp³-hybridized carbons (Fsp3) is 0.765. The van der Waals surface area contributed by atoms with E-state index in [-0.39, 0.29) is 0 Å². The summed E-state index contributed by atoms with van der Waals surface area (Å²) in [7, 11) is 0. The Bertz CT molecular complexity index is 273. The molecule has 0 saturated carbocycles. The van der Waals surface area contributed by atoms with Crippen molar-refractivity contribution in [3.63, 3.8) is 0 Å². The maximum atomic E-state index is 3.50. The maximum Gasteiger partial charge on any atom is -0.00139 e. The van der Waals surface area contributed by atoms with Crippen molar-refractivity contribution in [1.29, 1.82) is 0 Å². The predicted molar refractivity (Wildman–Crippen MR) is 81.9 cm³/mol. The van der Waals surface area contributed by atoms with Crippen molar-refractivity contribution in [3.05, 3.63) is 23.3 Å². The van der Waals surface area contributed by atoms with Gasteiger partial charge in [-0.3, -0.25) is 0 Å². The molecule has 0 bridgehead atoms. The Labute approximate surface area is 114 Å². The Hall–Kier alpha value is -0.560. The lowest BCUT2D eigenvalue weighted by Crippen LogP contribution is -2.20. The third kappa shape index (κ3) is 7.00. The average molecular weight is 249 g/mol. The normalized spacial score (nSPS) is 21.3. The van der Waals surface area contributed by atoms with Crippen LogP contribution in [0.5, 0.6) is 0 Å². The number of hydrogen-bond acceptors (Lipinski definition) is 1. The Kier molecular flexibility index (Phi) is 8.08. The lowest BCUT2D eigenvalue weighted by atomic mass is 9.95. The first-order valence-electron chi connectivity index (χ1n) is 7.77. The van der Waals surface area contributed by atoms with Crippen LogP contribution in [0.4, 0.5) is 0 Å². The Morgan fingerprint density at radius 3 is 2.83 bits per heavy atom. The van der Waals surface area contributed by atoms with E-state index in [1.54, 1.807) is 5.57 Å². The van der Waals surface area contributed by atoms with Crippen molar-refractivity contribution in [3.8, 4) is 0 Å². The summed E-state index contributed by atoms with van der Waals surface area (Å²) in [5.74, 6) is 0.753. The van der Waals surface area contributed by atoms with Crippen LogP contribution in [0.3, 0.4) is 0 Å².